The second-order valence-electron chi connectivity index (χ2n) is 2.81. The van der Waals surface area contributed by atoms with E-state index in [4.69, 9.17) is 11.6 Å². The average molecular weight is 193 g/mol. The highest BCUT2D eigenvalue weighted by Gasteiger charge is 2.08. The zero-order valence-electron chi connectivity index (χ0n) is 6.94. The van der Waals surface area contributed by atoms with Gasteiger partial charge >= 0.3 is 0 Å². The molecule has 1 aliphatic heterocycles. The number of allylic oxidation sites excluding steroid dienone is 1. The molecule has 0 aromatic heterocycles. The van der Waals surface area contributed by atoms with Crippen LogP contribution >= 0.6 is 11.6 Å². The summed E-state index contributed by atoms with van der Waals surface area (Å²) in [6, 6.07) is 10.2. The molecule has 0 bridgehead atoms. The van der Waals surface area contributed by atoms with Crippen LogP contribution in [-0.2, 0) is 0 Å². The summed E-state index contributed by atoms with van der Waals surface area (Å²) in [6.07, 6.45) is 3.79. The summed E-state index contributed by atoms with van der Waals surface area (Å²) in [5.74, 6) is 0. The zero-order valence-corrected chi connectivity index (χ0v) is 7.70. The third-order valence-corrected chi connectivity index (χ3v) is 2.11. The van der Waals surface area contributed by atoms with Crippen LogP contribution in [0.15, 0.2) is 47.6 Å². The first-order chi connectivity index (χ1) is 6.36. The van der Waals surface area contributed by atoms with Crippen molar-refractivity contribution in [1.29, 1.82) is 0 Å². The van der Waals surface area contributed by atoms with Crippen molar-refractivity contribution in [3.8, 4) is 0 Å². The zero-order chi connectivity index (χ0) is 9.10. The average Bonchev–Trinajstić information content (AvgIpc) is 2.20. The van der Waals surface area contributed by atoms with Gasteiger partial charge in [-0.15, -0.1) is 0 Å². The fraction of sp³-hybridized carbons (Fsp3) is 0.100. The number of benzene rings is 1. The summed E-state index contributed by atoms with van der Waals surface area (Å²) in [7, 11) is 0. The first kappa shape index (κ1) is 8.32. The van der Waals surface area contributed by atoms with Crippen LogP contribution in [0.3, 0.4) is 0 Å². The molecule has 1 N–H and O–H groups in total. The maximum Gasteiger partial charge on any atom is 0.148 e. The summed E-state index contributed by atoms with van der Waals surface area (Å²) in [6.45, 7) is 0. The maximum atomic E-state index is 5.67. The van der Waals surface area contributed by atoms with Crippen molar-refractivity contribution < 1.29 is 0 Å². The van der Waals surface area contributed by atoms with E-state index >= 15 is 0 Å². The second kappa shape index (κ2) is 3.62. The Hall–Kier alpha value is -1.28. The Morgan fingerprint density at radius 2 is 2.00 bits per heavy atom. The lowest BCUT2D eigenvalue weighted by Crippen LogP contribution is -2.17. The number of hydrogen-bond donors (Lipinski definition) is 1. The van der Waals surface area contributed by atoms with E-state index in [1.54, 1.807) is 6.08 Å². The Balaban J connectivity index is 2.18. The van der Waals surface area contributed by atoms with Gasteiger partial charge in [0, 0.05) is 0 Å². The lowest BCUT2D eigenvalue weighted by molar-refractivity contribution is 0.654. The maximum absolute atomic E-state index is 5.67. The van der Waals surface area contributed by atoms with Gasteiger partial charge < -0.3 is 0 Å². The van der Waals surface area contributed by atoms with E-state index in [1.807, 2.05) is 24.3 Å². The quantitative estimate of drug-likeness (QED) is 0.726. The molecule has 0 saturated carbocycles. The molecule has 1 aliphatic rings. The third-order valence-electron chi connectivity index (χ3n) is 1.90. The lowest BCUT2D eigenvalue weighted by atomic mass is 10.1. The van der Waals surface area contributed by atoms with E-state index in [0.717, 1.165) is 0 Å². The molecule has 0 radical (unpaired) electrons. The minimum atomic E-state index is 0.142. The molecule has 13 heavy (non-hydrogen) atoms. The molecule has 3 heteroatoms. The molecule has 0 fully saturated rings. The molecule has 1 heterocycles. The molecule has 0 amide bonds. The van der Waals surface area contributed by atoms with Crippen molar-refractivity contribution in [1.82, 2.24) is 5.43 Å². The first-order valence-corrected chi connectivity index (χ1v) is 4.46. The molecule has 0 saturated heterocycles. The number of nitrogens with one attached hydrogen (secondary N) is 1. The molecule has 2 rings (SSSR count). The van der Waals surface area contributed by atoms with Crippen LogP contribution in [0.1, 0.15) is 11.6 Å². The van der Waals surface area contributed by atoms with Crippen LogP contribution in [-0.4, -0.2) is 5.17 Å². The lowest BCUT2D eigenvalue weighted by Gasteiger charge is -2.15. The SMILES string of the molecule is ClC1=NNC(c2ccccc2)C=C1. The van der Waals surface area contributed by atoms with Crippen molar-refractivity contribution in [3.63, 3.8) is 0 Å². The topological polar surface area (TPSA) is 24.4 Å². The van der Waals surface area contributed by atoms with Crippen LogP contribution in [0.2, 0.25) is 0 Å². The molecule has 1 atom stereocenters. The smallest absolute Gasteiger partial charge is 0.148 e. The largest absolute Gasteiger partial charge is 0.297 e. The minimum absolute atomic E-state index is 0.142. The van der Waals surface area contributed by atoms with Gasteiger partial charge in [0.05, 0.1) is 6.04 Å². The monoisotopic (exact) mass is 192 g/mol. The van der Waals surface area contributed by atoms with Crippen molar-refractivity contribution in [2.45, 2.75) is 6.04 Å². The molecule has 0 spiro atoms. The Labute approximate surface area is 81.9 Å². The van der Waals surface area contributed by atoms with E-state index in [-0.39, 0.29) is 6.04 Å². The van der Waals surface area contributed by atoms with E-state index in [1.165, 1.54) is 5.56 Å². The van der Waals surface area contributed by atoms with Crippen molar-refractivity contribution >= 4 is 16.8 Å². The highest BCUT2D eigenvalue weighted by Crippen LogP contribution is 2.16. The van der Waals surface area contributed by atoms with Crippen LogP contribution in [0.5, 0.6) is 0 Å². The Bertz CT molecular complexity index is 343. The van der Waals surface area contributed by atoms with Gasteiger partial charge in [0.2, 0.25) is 0 Å². The van der Waals surface area contributed by atoms with Crippen molar-refractivity contribution in [2.75, 3.05) is 0 Å². The Kier molecular flexibility index (Phi) is 2.32. The van der Waals surface area contributed by atoms with Crippen LogP contribution in [0.4, 0.5) is 0 Å². The Morgan fingerprint density at radius 1 is 1.23 bits per heavy atom. The molecular formula is C10H9ClN2. The predicted octanol–water partition coefficient (Wildman–Crippen LogP) is 2.44. The fourth-order valence-electron chi connectivity index (χ4n) is 1.23. The highest BCUT2D eigenvalue weighted by atomic mass is 35.5. The van der Waals surface area contributed by atoms with Gasteiger partial charge in [-0.1, -0.05) is 48.0 Å². The van der Waals surface area contributed by atoms with Gasteiger partial charge in [0.25, 0.3) is 0 Å². The van der Waals surface area contributed by atoms with Gasteiger partial charge in [-0.05, 0) is 11.6 Å². The van der Waals surface area contributed by atoms with Gasteiger partial charge in [-0.3, -0.25) is 5.43 Å². The van der Waals surface area contributed by atoms with Crippen LogP contribution in [0, 0.1) is 0 Å². The van der Waals surface area contributed by atoms with E-state index in [2.05, 4.69) is 22.7 Å². The molecule has 1 unspecified atom stereocenters. The van der Waals surface area contributed by atoms with Gasteiger partial charge in [-0.2, -0.15) is 5.10 Å². The molecule has 1 aromatic rings. The molecule has 2 nitrogen and oxygen atoms in total. The van der Waals surface area contributed by atoms with E-state index in [0.29, 0.717) is 5.17 Å². The number of halogens is 1. The highest BCUT2D eigenvalue weighted by molar-refractivity contribution is 6.68. The second-order valence-corrected chi connectivity index (χ2v) is 3.20. The summed E-state index contributed by atoms with van der Waals surface area (Å²) in [5.41, 5.74) is 4.14. The van der Waals surface area contributed by atoms with Crippen LogP contribution < -0.4 is 5.43 Å². The summed E-state index contributed by atoms with van der Waals surface area (Å²) < 4.78 is 0. The molecule has 66 valence electrons. The van der Waals surface area contributed by atoms with E-state index < -0.39 is 0 Å². The van der Waals surface area contributed by atoms with E-state index in [9.17, 15) is 0 Å². The molecular weight excluding hydrogens is 184 g/mol. The predicted molar refractivity (Wildman–Crippen MR) is 54.7 cm³/mol. The Morgan fingerprint density at radius 3 is 2.62 bits per heavy atom. The van der Waals surface area contributed by atoms with Gasteiger partial charge in [0.15, 0.2) is 0 Å². The number of hydrazone groups is 1. The molecule has 1 aromatic carbocycles. The number of rotatable bonds is 1. The molecule has 0 aliphatic carbocycles. The van der Waals surface area contributed by atoms with Gasteiger partial charge in [-0.25, -0.2) is 0 Å². The number of nitrogens with zero attached hydrogens (tertiary/aromatic N) is 1. The summed E-state index contributed by atoms with van der Waals surface area (Å²) in [4.78, 5) is 0. The minimum Gasteiger partial charge on any atom is -0.297 e. The number of hydrogen-bond acceptors (Lipinski definition) is 2. The van der Waals surface area contributed by atoms with Crippen LogP contribution in [0.25, 0.3) is 0 Å². The summed E-state index contributed by atoms with van der Waals surface area (Å²) >= 11 is 5.67. The first-order valence-electron chi connectivity index (χ1n) is 4.08. The van der Waals surface area contributed by atoms with Crippen molar-refractivity contribution in [3.05, 3.63) is 48.0 Å². The van der Waals surface area contributed by atoms with Crippen molar-refractivity contribution in [2.24, 2.45) is 5.10 Å². The normalized spacial score (nSPS) is 20.7. The fourth-order valence-corrected chi connectivity index (χ4v) is 1.35. The summed E-state index contributed by atoms with van der Waals surface area (Å²) in [5, 5.41) is 4.43. The third kappa shape index (κ3) is 1.90. The standard InChI is InChI=1S/C10H9ClN2/c11-10-7-6-9(12-13-10)8-4-2-1-3-5-8/h1-7,9,12H. The van der Waals surface area contributed by atoms with Gasteiger partial charge in [0.1, 0.15) is 5.17 Å².